The minimum Gasteiger partial charge on any atom is -0.493 e. The molecule has 0 unspecified atom stereocenters. The van der Waals surface area contributed by atoms with Crippen LogP contribution in [0.1, 0.15) is 24.5 Å². The average molecular weight is 421 g/mol. The number of hydrazone groups is 1. The van der Waals surface area contributed by atoms with Crippen LogP contribution >= 0.6 is 11.6 Å². The van der Waals surface area contributed by atoms with Crippen molar-refractivity contribution < 1.29 is 23.7 Å². The summed E-state index contributed by atoms with van der Waals surface area (Å²) in [5.41, 5.74) is 3.99. The first kappa shape index (κ1) is 22.4. The lowest BCUT2D eigenvalue weighted by atomic mass is 10.2. The van der Waals surface area contributed by atoms with Crippen molar-refractivity contribution in [3.8, 4) is 17.2 Å². The summed E-state index contributed by atoms with van der Waals surface area (Å²) in [5, 5.41) is 4.54. The van der Waals surface area contributed by atoms with E-state index in [1.807, 2.05) is 25.1 Å². The minimum atomic E-state index is -0.605. The average Bonchev–Trinajstić information content (AvgIpc) is 2.71. The SMILES string of the molecule is CCOC(=O)NN=Cc1ccc(OCCCOc2ccc(Cl)c(C)c2)c(OC)c1. The van der Waals surface area contributed by atoms with Crippen molar-refractivity contribution in [3.05, 3.63) is 52.5 Å². The Hall–Kier alpha value is -2.93. The van der Waals surface area contributed by atoms with E-state index in [9.17, 15) is 4.79 Å². The quantitative estimate of drug-likeness (QED) is 0.345. The highest BCUT2D eigenvalue weighted by molar-refractivity contribution is 6.31. The molecule has 0 saturated carbocycles. The van der Waals surface area contributed by atoms with E-state index >= 15 is 0 Å². The first-order valence-electron chi connectivity index (χ1n) is 9.19. The van der Waals surface area contributed by atoms with Crippen molar-refractivity contribution in [2.45, 2.75) is 20.3 Å². The van der Waals surface area contributed by atoms with Crippen LogP contribution in [0.5, 0.6) is 17.2 Å². The zero-order valence-corrected chi connectivity index (χ0v) is 17.5. The summed E-state index contributed by atoms with van der Waals surface area (Å²) in [6.45, 7) is 4.93. The highest BCUT2D eigenvalue weighted by atomic mass is 35.5. The number of nitrogens with zero attached hydrogens (tertiary/aromatic N) is 1. The summed E-state index contributed by atoms with van der Waals surface area (Å²) in [5.74, 6) is 1.97. The van der Waals surface area contributed by atoms with Gasteiger partial charge in [-0.1, -0.05) is 11.6 Å². The maximum atomic E-state index is 11.2. The van der Waals surface area contributed by atoms with Gasteiger partial charge in [0.15, 0.2) is 11.5 Å². The topological polar surface area (TPSA) is 78.4 Å². The second-order valence-electron chi connectivity index (χ2n) is 5.96. The number of hydrogen-bond acceptors (Lipinski definition) is 6. The third-order valence-corrected chi connectivity index (χ3v) is 4.20. The second-order valence-corrected chi connectivity index (χ2v) is 6.37. The molecule has 0 saturated heterocycles. The second kappa shape index (κ2) is 11.8. The van der Waals surface area contributed by atoms with Gasteiger partial charge in [0, 0.05) is 11.4 Å². The van der Waals surface area contributed by atoms with Crippen LogP contribution in [0.15, 0.2) is 41.5 Å². The standard InChI is InChI=1S/C21H25ClN2O5/c1-4-27-21(25)24-23-14-16-6-9-19(20(13-16)26-3)29-11-5-10-28-17-7-8-18(22)15(2)12-17/h6-9,12-14H,4-5,10-11H2,1-3H3,(H,24,25). The van der Waals surface area contributed by atoms with Crippen molar-refractivity contribution in [2.24, 2.45) is 5.10 Å². The number of hydrogen-bond donors (Lipinski definition) is 1. The smallest absolute Gasteiger partial charge is 0.427 e. The Morgan fingerprint density at radius 1 is 1.14 bits per heavy atom. The molecule has 0 aliphatic carbocycles. The number of ether oxygens (including phenoxy) is 4. The molecule has 29 heavy (non-hydrogen) atoms. The number of carbonyl (C=O) groups excluding carboxylic acids is 1. The summed E-state index contributed by atoms with van der Waals surface area (Å²) in [6, 6.07) is 10.9. The van der Waals surface area contributed by atoms with Gasteiger partial charge >= 0.3 is 6.09 Å². The van der Waals surface area contributed by atoms with E-state index in [0.29, 0.717) is 31.1 Å². The van der Waals surface area contributed by atoms with Crippen LogP contribution < -0.4 is 19.6 Å². The Labute approximate surface area is 175 Å². The van der Waals surface area contributed by atoms with Gasteiger partial charge in [0.1, 0.15) is 5.75 Å². The molecule has 0 fully saturated rings. The number of carbonyl (C=O) groups is 1. The number of benzene rings is 2. The minimum absolute atomic E-state index is 0.283. The predicted molar refractivity (Wildman–Crippen MR) is 113 cm³/mol. The molecular weight excluding hydrogens is 396 g/mol. The van der Waals surface area contributed by atoms with Crippen LogP contribution in [0.3, 0.4) is 0 Å². The Kier molecular flexibility index (Phi) is 9.11. The Bertz CT molecular complexity index is 842. The highest BCUT2D eigenvalue weighted by Gasteiger charge is 2.06. The molecule has 0 bridgehead atoms. The van der Waals surface area contributed by atoms with E-state index in [-0.39, 0.29) is 6.61 Å². The zero-order chi connectivity index (χ0) is 21.1. The molecule has 8 heteroatoms. The number of rotatable bonds is 10. The molecule has 0 aromatic heterocycles. The zero-order valence-electron chi connectivity index (χ0n) is 16.7. The van der Waals surface area contributed by atoms with E-state index in [1.165, 1.54) is 6.21 Å². The van der Waals surface area contributed by atoms with Crippen LogP contribution in [0.2, 0.25) is 5.02 Å². The van der Waals surface area contributed by atoms with Gasteiger partial charge in [0.25, 0.3) is 0 Å². The van der Waals surface area contributed by atoms with Crippen LogP contribution in [0.25, 0.3) is 0 Å². The summed E-state index contributed by atoms with van der Waals surface area (Å²) in [6.07, 6.45) is 1.59. The number of nitrogens with one attached hydrogen (secondary N) is 1. The fourth-order valence-electron chi connectivity index (χ4n) is 2.34. The van der Waals surface area contributed by atoms with Gasteiger partial charge in [-0.05, 0) is 61.4 Å². The number of halogens is 1. The third kappa shape index (κ3) is 7.54. The molecule has 0 spiro atoms. The summed E-state index contributed by atoms with van der Waals surface area (Å²) >= 11 is 6.01. The Morgan fingerprint density at radius 2 is 1.93 bits per heavy atom. The number of methoxy groups -OCH3 is 1. The molecule has 156 valence electrons. The van der Waals surface area contributed by atoms with Crippen LogP contribution in [0.4, 0.5) is 4.79 Å². The normalized spacial score (nSPS) is 10.6. The molecule has 2 aromatic carbocycles. The summed E-state index contributed by atoms with van der Waals surface area (Å²) in [7, 11) is 1.56. The third-order valence-electron chi connectivity index (χ3n) is 3.78. The Balaban J connectivity index is 1.80. The van der Waals surface area contributed by atoms with Crippen molar-refractivity contribution >= 4 is 23.9 Å². The largest absolute Gasteiger partial charge is 0.493 e. The van der Waals surface area contributed by atoms with Crippen LogP contribution in [-0.4, -0.2) is 39.2 Å². The lowest BCUT2D eigenvalue weighted by Gasteiger charge is -2.12. The van der Waals surface area contributed by atoms with Gasteiger partial charge in [-0.2, -0.15) is 5.10 Å². The van der Waals surface area contributed by atoms with Crippen LogP contribution in [0, 0.1) is 6.92 Å². The number of amides is 1. The van der Waals surface area contributed by atoms with Crippen molar-refractivity contribution in [1.29, 1.82) is 0 Å². The molecule has 0 heterocycles. The van der Waals surface area contributed by atoms with E-state index in [4.69, 9.17) is 30.5 Å². The molecular formula is C21H25ClN2O5. The maximum Gasteiger partial charge on any atom is 0.427 e. The van der Waals surface area contributed by atoms with E-state index in [1.54, 1.807) is 32.2 Å². The maximum absolute atomic E-state index is 11.2. The molecule has 2 aromatic rings. The molecule has 0 atom stereocenters. The molecule has 1 amide bonds. The first-order chi connectivity index (χ1) is 14.0. The molecule has 1 N–H and O–H groups in total. The lowest BCUT2D eigenvalue weighted by Crippen LogP contribution is -2.18. The van der Waals surface area contributed by atoms with Gasteiger partial charge < -0.3 is 18.9 Å². The summed E-state index contributed by atoms with van der Waals surface area (Å²) in [4.78, 5) is 11.2. The van der Waals surface area contributed by atoms with Gasteiger partial charge in [0.05, 0.1) is 33.1 Å². The highest BCUT2D eigenvalue weighted by Crippen LogP contribution is 2.27. The molecule has 2 rings (SSSR count). The van der Waals surface area contributed by atoms with Gasteiger partial charge in [-0.3, -0.25) is 0 Å². The Morgan fingerprint density at radius 3 is 2.66 bits per heavy atom. The lowest BCUT2D eigenvalue weighted by molar-refractivity contribution is 0.152. The van der Waals surface area contributed by atoms with Gasteiger partial charge in [-0.25, -0.2) is 10.2 Å². The fraction of sp³-hybridized carbons (Fsp3) is 0.333. The fourth-order valence-corrected chi connectivity index (χ4v) is 2.46. The number of aryl methyl sites for hydroxylation is 1. The van der Waals surface area contributed by atoms with Crippen molar-refractivity contribution in [3.63, 3.8) is 0 Å². The summed E-state index contributed by atoms with van der Waals surface area (Å²) < 4.78 is 21.6. The first-order valence-corrected chi connectivity index (χ1v) is 9.57. The molecule has 0 aliphatic rings. The van der Waals surface area contributed by atoms with Gasteiger partial charge in [-0.15, -0.1) is 0 Å². The van der Waals surface area contributed by atoms with E-state index in [0.717, 1.165) is 21.9 Å². The van der Waals surface area contributed by atoms with Crippen molar-refractivity contribution in [2.75, 3.05) is 26.9 Å². The van der Waals surface area contributed by atoms with Crippen LogP contribution in [-0.2, 0) is 4.74 Å². The predicted octanol–water partition coefficient (Wildman–Crippen LogP) is 4.58. The van der Waals surface area contributed by atoms with E-state index < -0.39 is 6.09 Å². The van der Waals surface area contributed by atoms with Gasteiger partial charge in [0.2, 0.25) is 0 Å². The molecule has 7 nitrogen and oxygen atoms in total. The monoisotopic (exact) mass is 420 g/mol. The molecule has 0 radical (unpaired) electrons. The van der Waals surface area contributed by atoms with Crippen molar-refractivity contribution in [1.82, 2.24) is 5.43 Å². The molecule has 0 aliphatic heterocycles. The van der Waals surface area contributed by atoms with E-state index in [2.05, 4.69) is 10.5 Å².